The third-order valence-corrected chi connectivity index (χ3v) is 8.92. The first kappa shape index (κ1) is 21.9. The standard InChI is InChI=1S/C36H18N4O2/c41-35(39-18-37-27-8-1-3-10-29(27)39)24-15-12-21-23-13-16-25-33-26(36(42)40-30-11-4-2-9-28(30)38-34(25)40)17-14-22(32(23)33)19-6-5-7-20(24)31(19)21/h1-18H. The summed E-state index contributed by atoms with van der Waals surface area (Å²) in [6.45, 7) is 0. The van der Waals surface area contributed by atoms with Crippen LogP contribution < -0.4 is 5.56 Å². The Bertz CT molecular complexity index is 2820. The molecule has 0 spiro atoms. The topological polar surface area (TPSA) is 69.3 Å². The quantitative estimate of drug-likeness (QED) is 0.160. The summed E-state index contributed by atoms with van der Waals surface area (Å²) in [5, 5.41) is 9.76. The molecular weight excluding hydrogens is 520 g/mol. The fourth-order valence-electron chi connectivity index (χ4n) is 7.13. The van der Waals surface area contributed by atoms with E-state index in [1.807, 2.05) is 78.9 Å². The number of benzene rings is 7. The van der Waals surface area contributed by atoms with E-state index >= 15 is 0 Å². The van der Waals surface area contributed by atoms with Crippen molar-refractivity contribution in [3.05, 3.63) is 125 Å². The summed E-state index contributed by atoms with van der Waals surface area (Å²) in [6, 6.07) is 33.8. The molecule has 0 bridgehead atoms. The molecule has 0 fully saturated rings. The van der Waals surface area contributed by atoms with Gasteiger partial charge in [-0.25, -0.2) is 9.97 Å². The van der Waals surface area contributed by atoms with E-state index in [-0.39, 0.29) is 11.5 Å². The summed E-state index contributed by atoms with van der Waals surface area (Å²) in [7, 11) is 0. The van der Waals surface area contributed by atoms with E-state index in [0.29, 0.717) is 16.6 Å². The summed E-state index contributed by atoms with van der Waals surface area (Å²) in [6.07, 6.45) is 1.60. The van der Waals surface area contributed by atoms with Gasteiger partial charge in [-0.15, -0.1) is 0 Å². The monoisotopic (exact) mass is 538 g/mol. The van der Waals surface area contributed by atoms with Crippen molar-refractivity contribution in [1.29, 1.82) is 0 Å². The molecule has 10 aromatic rings. The summed E-state index contributed by atoms with van der Waals surface area (Å²) >= 11 is 0. The molecule has 0 aliphatic heterocycles. The van der Waals surface area contributed by atoms with Crippen LogP contribution in [0.5, 0.6) is 0 Å². The third-order valence-electron chi connectivity index (χ3n) is 8.92. The predicted octanol–water partition coefficient (Wildman–Crippen LogP) is 7.53. The Kier molecular flexibility index (Phi) is 3.88. The highest BCUT2D eigenvalue weighted by Crippen LogP contribution is 2.44. The van der Waals surface area contributed by atoms with Crippen molar-refractivity contribution in [1.82, 2.24) is 18.9 Å². The van der Waals surface area contributed by atoms with Crippen molar-refractivity contribution >= 4 is 87.5 Å². The minimum absolute atomic E-state index is 0.0626. The number of carbonyl (C=O) groups is 1. The van der Waals surface area contributed by atoms with Crippen molar-refractivity contribution in [3.63, 3.8) is 0 Å². The fourth-order valence-corrected chi connectivity index (χ4v) is 7.13. The summed E-state index contributed by atoms with van der Waals surface area (Å²) in [4.78, 5) is 37.2. The van der Waals surface area contributed by atoms with Crippen molar-refractivity contribution in [2.45, 2.75) is 0 Å². The molecule has 194 valence electrons. The normalized spacial score (nSPS) is 12.5. The van der Waals surface area contributed by atoms with Crippen LogP contribution in [0.15, 0.2) is 114 Å². The number of pyridine rings is 1. The lowest BCUT2D eigenvalue weighted by Gasteiger charge is -2.18. The molecule has 7 aromatic carbocycles. The van der Waals surface area contributed by atoms with E-state index in [4.69, 9.17) is 4.98 Å². The highest BCUT2D eigenvalue weighted by atomic mass is 16.2. The molecule has 0 N–H and O–H groups in total. The zero-order chi connectivity index (χ0) is 27.7. The maximum absolute atomic E-state index is 13.9. The lowest BCUT2D eigenvalue weighted by Crippen LogP contribution is -2.13. The molecule has 3 heterocycles. The molecule has 0 amide bonds. The Labute approximate surface area is 236 Å². The number of hydrogen-bond acceptors (Lipinski definition) is 4. The second kappa shape index (κ2) is 7.44. The average Bonchev–Trinajstić information content (AvgIpc) is 3.64. The van der Waals surface area contributed by atoms with Gasteiger partial charge in [0.25, 0.3) is 11.5 Å². The van der Waals surface area contributed by atoms with Gasteiger partial charge in [0.05, 0.1) is 22.1 Å². The minimum Gasteiger partial charge on any atom is -0.268 e. The Morgan fingerprint density at radius 2 is 1.17 bits per heavy atom. The molecule has 0 aliphatic carbocycles. The highest BCUT2D eigenvalue weighted by molar-refractivity contribution is 6.38. The van der Waals surface area contributed by atoms with Gasteiger partial charge >= 0.3 is 0 Å². The van der Waals surface area contributed by atoms with Crippen molar-refractivity contribution in [2.75, 3.05) is 0 Å². The molecular formula is C36H18N4O2. The van der Waals surface area contributed by atoms with Crippen LogP contribution >= 0.6 is 0 Å². The first-order valence-electron chi connectivity index (χ1n) is 13.8. The first-order valence-corrected chi connectivity index (χ1v) is 13.8. The van der Waals surface area contributed by atoms with E-state index in [1.165, 1.54) is 0 Å². The highest BCUT2D eigenvalue weighted by Gasteiger charge is 2.23. The Morgan fingerprint density at radius 3 is 2.02 bits per heavy atom. The number of hydrogen-bond donors (Lipinski definition) is 0. The van der Waals surface area contributed by atoms with Crippen LogP contribution in [-0.2, 0) is 0 Å². The largest absolute Gasteiger partial charge is 0.268 e. The van der Waals surface area contributed by atoms with Gasteiger partial charge in [-0.2, -0.15) is 0 Å². The van der Waals surface area contributed by atoms with E-state index in [9.17, 15) is 9.59 Å². The SMILES string of the molecule is O=C(c1ccc2c3ccc4c5c(ccc(c6cccc1c62)c35)c(=O)n1c2ccccc2nc41)n1cnc2ccccc21. The molecule has 10 rings (SSSR count). The lowest BCUT2D eigenvalue weighted by atomic mass is 9.86. The molecule has 6 nitrogen and oxygen atoms in total. The van der Waals surface area contributed by atoms with E-state index in [2.05, 4.69) is 29.2 Å². The van der Waals surface area contributed by atoms with E-state index < -0.39 is 0 Å². The van der Waals surface area contributed by atoms with Gasteiger partial charge < -0.3 is 0 Å². The number of para-hydroxylation sites is 4. The van der Waals surface area contributed by atoms with Crippen LogP contribution in [0.1, 0.15) is 10.4 Å². The molecule has 0 aliphatic rings. The van der Waals surface area contributed by atoms with E-state index in [0.717, 1.165) is 70.5 Å². The van der Waals surface area contributed by atoms with Gasteiger partial charge in [0.15, 0.2) is 0 Å². The number of carbonyl (C=O) groups excluding carboxylic acids is 1. The van der Waals surface area contributed by atoms with Gasteiger partial charge in [0.2, 0.25) is 0 Å². The van der Waals surface area contributed by atoms with Crippen LogP contribution in [0.2, 0.25) is 0 Å². The van der Waals surface area contributed by atoms with E-state index in [1.54, 1.807) is 15.3 Å². The Hall–Kier alpha value is -5.88. The van der Waals surface area contributed by atoms with Crippen molar-refractivity contribution < 1.29 is 4.79 Å². The van der Waals surface area contributed by atoms with Gasteiger partial charge in [-0.3, -0.25) is 18.6 Å². The van der Waals surface area contributed by atoms with Crippen LogP contribution in [0.25, 0.3) is 81.6 Å². The zero-order valence-electron chi connectivity index (χ0n) is 22.0. The van der Waals surface area contributed by atoms with Crippen LogP contribution in [0.3, 0.4) is 0 Å². The molecule has 0 atom stereocenters. The molecule has 0 unspecified atom stereocenters. The molecule has 3 aromatic heterocycles. The fraction of sp³-hybridized carbons (Fsp3) is 0. The van der Waals surface area contributed by atoms with Gasteiger partial charge in [0, 0.05) is 21.7 Å². The maximum Gasteiger partial charge on any atom is 0.264 e. The number of fused-ring (bicyclic) bond motifs is 7. The molecule has 0 saturated heterocycles. The summed E-state index contributed by atoms with van der Waals surface area (Å²) < 4.78 is 3.36. The minimum atomic E-state index is -0.118. The maximum atomic E-state index is 13.9. The molecule has 6 heteroatoms. The van der Waals surface area contributed by atoms with Crippen molar-refractivity contribution in [2.24, 2.45) is 0 Å². The summed E-state index contributed by atoms with van der Waals surface area (Å²) in [5.41, 5.74) is 4.42. The second-order valence-corrected chi connectivity index (χ2v) is 10.9. The number of rotatable bonds is 1. The lowest BCUT2D eigenvalue weighted by molar-refractivity contribution is 0.0966. The van der Waals surface area contributed by atoms with Gasteiger partial charge in [0.1, 0.15) is 12.0 Å². The Morgan fingerprint density at radius 1 is 0.548 bits per heavy atom. The van der Waals surface area contributed by atoms with Gasteiger partial charge in [-0.1, -0.05) is 60.7 Å². The van der Waals surface area contributed by atoms with Crippen LogP contribution in [-0.4, -0.2) is 24.8 Å². The van der Waals surface area contributed by atoms with Crippen LogP contribution in [0, 0.1) is 0 Å². The number of nitrogens with zero attached hydrogens (tertiary/aromatic N) is 4. The summed E-state index contributed by atoms with van der Waals surface area (Å²) in [5.74, 6) is -0.118. The zero-order valence-corrected chi connectivity index (χ0v) is 22.0. The third kappa shape index (κ3) is 2.51. The number of aromatic nitrogens is 4. The number of imidazole rings is 2. The Balaban J connectivity index is 1.34. The smallest absolute Gasteiger partial charge is 0.264 e. The predicted molar refractivity (Wildman–Crippen MR) is 168 cm³/mol. The van der Waals surface area contributed by atoms with Crippen molar-refractivity contribution in [3.8, 4) is 0 Å². The molecule has 0 radical (unpaired) electrons. The van der Waals surface area contributed by atoms with Crippen LogP contribution in [0.4, 0.5) is 0 Å². The molecule has 0 saturated carbocycles. The van der Waals surface area contributed by atoms with Gasteiger partial charge in [-0.05, 0) is 80.2 Å². The molecule has 42 heavy (non-hydrogen) atoms. The first-order chi connectivity index (χ1) is 20.7. The average molecular weight is 539 g/mol. The second-order valence-electron chi connectivity index (χ2n) is 10.9.